The van der Waals surface area contributed by atoms with E-state index in [4.69, 9.17) is 0 Å². The molecule has 1 aliphatic heterocycles. The van der Waals surface area contributed by atoms with E-state index < -0.39 is 0 Å². The number of piperidine rings is 1. The largest absolute Gasteiger partial charge is 0.339 e. The standard InChI is InChI=1S/C23H26N2O2/c26-22(24-21-8-2-1-3-9-21)18-12-14-25(15-13-18)23(27)20-11-10-17-6-4-5-7-19(17)16-20/h1-3,8-11,16,18H,4-7,12-15H2,(H,24,26). The second-order valence-electron chi connectivity index (χ2n) is 7.61. The highest BCUT2D eigenvalue weighted by Gasteiger charge is 2.28. The SMILES string of the molecule is O=C(Nc1ccccc1)C1CCN(C(=O)c2ccc3c(c2)CCCC3)CC1. The molecule has 1 heterocycles. The summed E-state index contributed by atoms with van der Waals surface area (Å²) < 4.78 is 0. The predicted molar refractivity (Wildman–Crippen MR) is 107 cm³/mol. The van der Waals surface area contributed by atoms with Crippen LogP contribution in [0.5, 0.6) is 0 Å². The van der Waals surface area contributed by atoms with Gasteiger partial charge in [0.1, 0.15) is 0 Å². The average molecular weight is 362 g/mol. The van der Waals surface area contributed by atoms with Gasteiger partial charge in [-0.05, 0) is 73.9 Å². The topological polar surface area (TPSA) is 49.4 Å². The summed E-state index contributed by atoms with van der Waals surface area (Å²) in [4.78, 5) is 27.2. The maximum absolute atomic E-state index is 12.9. The first-order chi connectivity index (χ1) is 13.2. The van der Waals surface area contributed by atoms with Crippen molar-refractivity contribution in [3.05, 3.63) is 65.2 Å². The molecule has 0 unspecified atom stereocenters. The molecule has 1 aliphatic carbocycles. The van der Waals surface area contributed by atoms with Crippen LogP contribution in [0.25, 0.3) is 0 Å². The lowest BCUT2D eigenvalue weighted by Gasteiger charge is -2.31. The minimum Gasteiger partial charge on any atom is -0.339 e. The zero-order valence-electron chi connectivity index (χ0n) is 15.6. The Morgan fingerprint density at radius 3 is 2.33 bits per heavy atom. The zero-order valence-corrected chi connectivity index (χ0v) is 15.6. The molecule has 1 N–H and O–H groups in total. The molecule has 1 fully saturated rings. The number of para-hydroxylation sites is 1. The molecule has 2 amide bonds. The Balaban J connectivity index is 1.35. The van der Waals surface area contributed by atoms with E-state index in [1.54, 1.807) is 0 Å². The van der Waals surface area contributed by atoms with Crippen LogP contribution >= 0.6 is 0 Å². The molecule has 4 rings (SSSR count). The van der Waals surface area contributed by atoms with Gasteiger partial charge in [-0.3, -0.25) is 9.59 Å². The van der Waals surface area contributed by atoms with Gasteiger partial charge in [-0.1, -0.05) is 24.3 Å². The number of rotatable bonds is 3. The van der Waals surface area contributed by atoms with Crippen molar-refractivity contribution in [1.29, 1.82) is 0 Å². The lowest BCUT2D eigenvalue weighted by molar-refractivity contribution is -0.121. The number of carbonyl (C=O) groups is 2. The summed E-state index contributed by atoms with van der Waals surface area (Å²) in [5.74, 6) is 0.130. The summed E-state index contributed by atoms with van der Waals surface area (Å²) >= 11 is 0. The van der Waals surface area contributed by atoms with Gasteiger partial charge in [-0.15, -0.1) is 0 Å². The predicted octanol–water partition coefficient (Wildman–Crippen LogP) is 4.06. The number of likely N-dealkylation sites (tertiary alicyclic amines) is 1. The van der Waals surface area contributed by atoms with Crippen molar-refractivity contribution >= 4 is 17.5 Å². The molecule has 2 aromatic carbocycles. The Hall–Kier alpha value is -2.62. The molecule has 0 spiro atoms. The van der Waals surface area contributed by atoms with Gasteiger partial charge in [0.15, 0.2) is 0 Å². The minimum atomic E-state index is -0.0298. The molecule has 0 aromatic heterocycles. The lowest BCUT2D eigenvalue weighted by atomic mass is 9.90. The second kappa shape index (κ2) is 7.95. The van der Waals surface area contributed by atoms with Gasteiger partial charge < -0.3 is 10.2 Å². The van der Waals surface area contributed by atoms with Crippen LogP contribution in [0.15, 0.2) is 48.5 Å². The number of nitrogens with zero attached hydrogens (tertiary/aromatic N) is 1. The summed E-state index contributed by atoms with van der Waals surface area (Å²) in [5, 5.41) is 2.98. The normalized spacial score (nSPS) is 17.3. The summed E-state index contributed by atoms with van der Waals surface area (Å²) in [6.45, 7) is 1.28. The third kappa shape index (κ3) is 4.05. The molecule has 4 heteroatoms. The van der Waals surface area contributed by atoms with Crippen LogP contribution in [0.2, 0.25) is 0 Å². The number of hydrogen-bond donors (Lipinski definition) is 1. The van der Waals surface area contributed by atoms with Crippen LogP contribution in [-0.4, -0.2) is 29.8 Å². The van der Waals surface area contributed by atoms with Crippen molar-refractivity contribution in [1.82, 2.24) is 4.90 Å². The van der Waals surface area contributed by atoms with E-state index in [1.807, 2.05) is 41.3 Å². The summed E-state index contributed by atoms with van der Waals surface area (Å²) in [6, 6.07) is 15.7. The van der Waals surface area contributed by atoms with Crippen molar-refractivity contribution in [2.45, 2.75) is 38.5 Å². The maximum atomic E-state index is 12.9. The smallest absolute Gasteiger partial charge is 0.253 e. The van der Waals surface area contributed by atoms with Crippen LogP contribution < -0.4 is 5.32 Å². The molecule has 0 radical (unpaired) electrons. The van der Waals surface area contributed by atoms with Gasteiger partial charge in [-0.2, -0.15) is 0 Å². The maximum Gasteiger partial charge on any atom is 0.253 e. The van der Waals surface area contributed by atoms with E-state index in [2.05, 4.69) is 17.4 Å². The fourth-order valence-corrected chi connectivity index (χ4v) is 4.16. The van der Waals surface area contributed by atoms with Crippen molar-refractivity contribution in [2.75, 3.05) is 18.4 Å². The fourth-order valence-electron chi connectivity index (χ4n) is 4.16. The van der Waals surface area contributed by atoms with Crippen molar-refractivity contribution in [3.63, 3.8) is 0 Å². The molecule has 140 valence electrons. The Morgan fingerprint density at radius 2 is 1.59 bits per heavy atom. The van der Waals surface area contributed by atoms with Crippen LogP contribution in [0, 0.1) is 5.92 Å². The number of nitrogens with one attached hydrogen (secondary N) is 1. The first-order valence-corrected chi connectivity index (χ1v) is 9.98. The quantitative estimate of drug-likeness (QED) is 0.895. The average Bonchev–Trinajstić information content (AvgIpc) is 2.73. The van der Waals surface area contributed by atoms with Crippen LogP contribution in [0.4, 0.5) is 5.69 Å². The third-order valence-corrected chi connectivity index (χ3v) is 5.79. The van der Waals surface area contributed by atoms with E-state index in [0.29, 0.717) is 13.1 Å². The molecule has 27 heavy (non-hydrogen) atoms. The van der Waals surface area contributed by atoms with Gasteiger partial charge in [-0.25, -0.2) is 0 Å². The minimum absolute atomic E-state index is 0.0298. The van der Waals surface area contributed by atoms with Gasteiger partial charge in [0.2, 0.25) is 5.91 Å². The van der Waals surface area contributed by atoms with Gasteiger partial charge >= 0.3 is 0 Å². The Morgan fingerprint density at radius 1 is 0.889 bits per heavy atom. The summed E-state index contributed by atoms with van der Waals surface area (Å²) in [6.07, 6.45) is 6.11. The van der Waals surface area contributed by atoms with E-state index >= 15 is 0 Å². The molecular weight excluding hydrogens is 336 g/mol. The van der Waals surface area contributed by atoms with Crippen LogP contribution in [-0.2, 0) is 17.6 Å². The first-order valence-electron chi connectivity index (χ1n) is 9.98. The molecule has 0 atom stereocenters. The van der Waals surface area contributed by atoms with Crippen LogP contribution in [0.3, 0.4) is 0 Å². The van der Waals surface area contributed by atoms with Gasteiger partial charge in [0.05, 0.1) is 0 Å². The lowest BCUT2D eigenvalue weighted by Crippen LogP contribution is -2.41. The number of hydrogen-bond acceptors (Lipinski definition) is 2. The number of anilines is 1. The number of fused-ring (bicyclic) bond motifs is 1. The number of amides is 2. The molecule has 0 bridgehead atoms. The number of aryl methyl sites for hydroxylation is 2. The molecule has 4 nitrogen and oxygen atoms in total. The summed E-state index contributed by atoms with van der Waals surface area (Å²) in [5.41, 5.74) is 4.36. The molecule has 0 saturated carbocycles. The molecule has 1 saturated heterocycles. The molecule has 2 aromatic rings. The second-order valence-corrected chi connectivity index (χ2v) is 7.61. The van der Waals surface area contributed by atoms with E-state index in [9.17, 15) is 9.59 Å². The monoisotopic (exact) mass is 362 g/mol. The van der Waals surface area contributed by atoms with Crippen molar-refractivity contribution in [3.8, 4) is 0 Å². The highest BCUT2D eigenvalue weighted by atomic mass is 16.2. The molecule has 2 aliphatic rings. The fraction of sp³-hybridized carbons (Fsp3) is 0.391. The van der Waals surface area contributed by atoms with E-state index in [1.165, 1.54) is 24.0 Å². The van der Waals surface area contributed by atoms with Gasteiger partial charge in [0, 0.05) is 30.3 Å². The van der Waals surface area contributed by atoms with E-state index in [-0.39, 0.29) is 17.7 Å². The number of benzene rings is 2. The van der Waals surface area contributed by atoms with E-state index in [0.717, 1.165) is 36.9 Å². The molecular formula is C23H26N2O2. The highest BCUT2D eigenvalue weighted by molar-refractivity contribution is 5.95. The third-order valence-electron chi connectivity index (χ3n) is 5.79. The Kier molecular flexibility index (Phi) is 5.23. The van der Waals surface area contributed by atoms with Crippen LogP contribution in [0.1, 0.15) is 47.2 Å². The van der Waals surface area contributed by atoms with Gasteiger partial charge in [0.25, 0.3) is 5.91 Å². The Bertz CT molecular complexity index is 824. The van der Waals surface area contributed by atoms with Crippen molar-refractivity contribution < 1.29 is 9.59 Å². The Labute approximate surface area is 160 Å². The zero-order chi connectivity index (χ0) is 18.6. The van der Waals surface area contributed by atoms with Crippen molar-refractivity contribution in [2.24, 2.45) is 5.92 Å². The summed E-state index contributed by atoms with van der Waals surface area (Å²) in [7, 11) is 0. The number of carbonyl (C=O) groups excluding carboxylic acids is 2. The first kappa shape index (κ1) is 17.8. The highest BCUT2D eigenvalue weighted by Crippen LogP contribution is 2.25.